The van der Waals surface area contributed by atoms with Crippen LogP contribution in [0.4, 0.5) is 11.4 Å². The first-order valence-electron chi connectivity index (χ1n) is 4.42. The highest BCUT2D eigenvalue weighted by Crippen LogP contribution is 2.27. The molecule has 0 aliphatic carbocycles. The molecule has 1 aromatic carbocycles. The third-order valence-electron chi connectivity index (χ3n) is 1.83. The number of anilines is 1. The van der Waals surface area contributed by atoms with Gasteiger partial charge in [0.15, 0.2) is 0 Å². The van der Waals surface area contributed by atoms with E-state index in [1.54, 1.807) is 0 Å². The lowest BCUT2D eigenvalue weighted by Crippen LogP contribution is -2.32. The zero-order valence-electron chi connectivity index (χ0n) is 8.44. The summed E-state index contributed by atoms with van der Waals surface area (Å²) in [5.41, 5.74) is 5.51. The normalized spacial score (nSPS) is 11.9. The molecule has 3 N–H and O–H groups in total. The average Bonchev–Trinajstić information content (AvgIpc) is 2.16. The van der Waals surface area contributed by atoms with E-state index >= 15 is 0 Å². The molecule has 1 atom stereocenters. The lowest BCUT2D eigenvalue weighted by atomic mass is 10.2. The number of carbonyl (C=O) groups is 1. The molecular weight excluding hydrogens is 234 g/mol. The Morgan fingerprint density at radius 3 is 2.69 bits per heavy atom. The average molecular weight is 244 g/mol. The molecular formula is C9H10ClN3O3. The maximum atomic E-state index is 11.2. The summed E-state index contributed by atoms with van der Waals surface area (Å²) < 4.78 is 0. The van der Waals surface area contributed by atoms with Crippen molar-refractivity contribution >= 4 is 28.9 Å². The fourth-order valence-corrected chi connectivity index (χ4v) is 1.24. The molecule has 0 bridgehead atoms. The van der Waals surface area contributed by atoms with Gasteiger partial charge in [0.05, 0.1) is 11.0 Å². The predicted molar refractivity (Wildman–Crippen MR) is 60.4 cm³/mol. The molecule has 1 amide bonds. The van der Waals surface area contributed by atoms with Crippen LogP contribution in [0.15, 0.2) is 18.2 Å². The van der Waals surface area contributed by atoms with Gasteiger partial charge < -0.3 is 11.1 Å². The molecule has 16 heavy (non-hydrogen) atoms. The summed E-state index contributed by atoms with van der Waals surface area (Å²) in [4.78, 5) is 21.1. The van der Waals surface area contributed by atoms with Crippen molar-refractivity contribution in [2.75, 3.05) is 5.32 Å². The molecule has 0 heterocycles. The van der Waals surface area contributed by atoms with Gasteiger partial charge in [0.1, 0.15) is 5.02 Å². The molecule has 0 spiro atoms. The van der Waals surface area contributed by atoms with Crippen molar-refractivity contribution in [2.24, 2.45) is 5.73 Å². The molecule has 7 heteroatoms. The zero-order chi connectivity index (χ0) is 12.3. The Morgan fingerprint density at radius 2 is 2.25 bits per heavy atom. The van der Waals surface area contributed by atoms with Gasteiger partial charge >= 0.3 is 0 Å². The number of amides is 1. The van der Waals surface area contributed by atoms with Crippen molar-refractivity contribution in [1.29, 1.82) is 0 Å². The van der Waals surface area contributed by atoms with Crippen LogP contribution in [0, 0.1) is 10.1 Å². The smallest absolute Gasteiger partial charge is 0.288 e. The highest BCUT2D eigenvalue weighted by atomic mass is 35.5. The minimum atomic E-state index is -0.658. The Morgan fingerprint density at radius 1 is 1.62 bits per heavy atom. The summed E-state index contributed by atoms with van der Waals surface area (Å²) >= 11 is 5.66. The molecule has 0 saturated carbocycles. The quantitative estimate of drug-likeness (QED) is 0.621. The van der Waals surface area contributed by atoms with Crippen LogP contribution in [0.1, 0.15) is 6.92 Å². The lowest BCUT2D eigenvalue weighted by molar-refractivity contribution is -0.384. The second kappa shape index (κ2) is 4.91. The van der Waals surface area contributed by atoms with Crippen molar-refractivity contribution < 1.29 is 9.72 Å². The van der Waals surface area contributed by atoms with Gasteiger partial charge in [-0.15, -0.1) is 0 Å². The Balaban J connectivity index is 2.90. The Hall–Kier alpha value is -1.66. The first-order chi connectivity index (χ1) is 7.41. The minimum absolute atomic E-state index is 0.0347. The van der Waals surface area contributed by atoms with E-state index in [0.29, 0.717) is 5.69 Å². The molecule has 1 unspecified atom stereocenters. The monoisotopic (exact) mass is 243 g/mol. The van der Waals surface area contributed by atoms with Crippen molar-refractivity contribution in [1.82, 2.24) is 0 Å². The molecule has 0 fully saturated rings. The van der Waals surface area contributed by atoms with Crippen molar-refractivity contribution in [3.05, 3.63) is 33.3 Å². The van der Waals surface area contributed by atoms with Gasteiger partial charge in [0.25, 0.3) is 5.69 Å². The van der Waals surface area contributed by atoms with Crippen LogP contribution >= 0.6 is 11.6 Å². The van der Waals surface area contributed by atoms with Gasteiger partial charge in [-0.3, -0.25) is 14.9 Å². The molecule has 6 nitrogen and oxygen atoms in total. The summed E-state index contributed by atoms with van der Waals surface area (Å²) in [5, 5.41) is 12.9. The number of hydrogen-bond donors (Lipinski definition) is 2. The Labute approximate surface area is 96.5 Å². The third kappa shape index (κ3) is 2.91. The Bertz CT molecular complexity index is 434. The second-order valence-electron chi connectivity index (χ2n) is 3.20. The fourth-order valence-electron chi connectivity index (χ4n) is 0.989. The molecule has 0 aliphatic heterocycles. The van der Waals surface area contributed by atoms with Gasteiger partial charge in [-0.2, -0.15) is 0 Å². The number of nitrogens with two attached hydrogens (primary N) is 1. The summed E-state index contributed by atoms with van der Waals surface area (Å²) in [6.45, 7) is 1.53. The highest BCUT2D eigenvalue weighted by Gasteiger charge is 2.14. The SMILES string of the molecule is CC(N)C(=O)Nc1ccc([N+](=O)[O-])c(Cl)c1. The second-order valence-corrected chi connectivity index (χ2v) is 3.61. The molecule has 0 aliphatic rings. The van der Waals surface area contributed by atoms with E-state index in [4.69, 9.17) is 17.3 Å². The molecule has 0 radical (unpaired) electrons. The number of hydrogen-bond acceptors (Lipinski definition) is 4. The number of halogens is 1. The number of nitrogens with zero attached hydrogens (tertiary/aromatic N) is 1. The van der Waals surface area contributed by atoms with Crippen LogP contribution < -0.4 is 11.1 Å². The van der Waals surface area contributed by atoms with E-state index in [9.17, 15) is 14.9 Å². The van der Waals surface area contributed by atoms with Crippen LogP contribution in [-0.4, -0.2) is 16.9 Å². The first kappa shape index (κ1) is 12.4. The number of rotatable bonds is 3. The first-order valence-corrected chi connectivity index (χ1v) is 4.80. The highest BCUT2D eigenvalue weighted by molar-refractivity contribution is 6.33. The van der Waals surface area contributed by atoms with Crippen LogP contribution in [0.2, 0.25) is 5.02 Å². The molecule has 1 aromatic rings. The van der Waals surface area contributed by atoms with Gasteiger partial charge in [-0.05, 0) is 19.1 Å². The van der Waals surface area contributed by atoms with Gasteiger partial charge in [-0.25, -0.2) is 0 Å². The van der Waals surface area contributed by atoms with Crippen molar-refractivity contribution in [3.8, 4) is 0 Å². The van der Waals surface area contributed by atoms with E-state index in [-0.39, 0.29) is 16.6 Å². The van der Waals surface area contributed by atoms with Gasteiger partial charge in [0, 0.05) is 11.8 Å². The van der Waals surface area contributed by atoms with E-state index < -0.39 is 11.0 Å². The number of carbonyl (C=O) groups excluding carboxylic acids is 1. The molecule has 86 valence electrons. The standard InChI is InChI=1S/C9H10ClN3O3/c1-5(11)9(14)12-6-2-3-8(13(15)16)7(10)4-6/h2-5H,11H2,1H3,(H,12,14). The third-order valence-corrected chi connectivity index (χ3v) is 2.13. The fraction of sp³-hybridized carbons (Fsp3) is 0.222. The van der Waals surface area contributed by atoms with E-state index in [1.165, 1.54) is 25.1 Å². The van der Waals surface area contributed by atoms with Gasteiger partial charge in [-0.1, -0.05) is 11.6 Å². The number of nitrogens with one attached hydrogen (secondary N) is 1. The Kier molecular flexibility index (Phi) is 3.81. The zero-order valence-corrected chi connectivity index (χ0v) is 9.19. The predicted octanol–water partition coefficient (Wildman–Crippen LogP) is 1.53. The van der Waals surface area contributed by atoms with Crippen molar-refractivity contribution in [2.45, 2.75) is 13.0 Å². The summed E-state index contributed by atoms with van der Waals surface area (Å²) in [5.74, 6) is -0.384. The topological polar surface area (TPSA) is 98.3 Å². The molecule has 0 saturated heterocycles. The molecule has 1 rings (SSSR count). The maximum Gasteiger partial charge on any atom is 0.288 e. The van der Waals surface area contributed by atoms with E-state index in [2.05, 4.69) is 5.32 Å². The van der Waals surface area contributed by atoms with Crippen molar-refractivity contribution in [3.63, 3.8) is 0 Å². The minimum Gasteiger partial charge on any atom is -0.325 e. The van der Waals surface area contributed by atoms with Crippen LogP contribution in [0.25, 0.3) is 0 Å². The van der Waals surface area contributed by atoms with E-state index in [1.807, 2.05) is 0 Å². The van der Waals surface area contributed by atoms with Gasteiger partial charge in [0.2, 0.25) is 5.91 Å². The molecule has 0 aromatic heterocycles. The number of nitro benzene ring substituents is 1. The largest absolute Gasteiger partial charge is 0.325 e. The van der Waals surface area contributed by atoms with Crippen LogP contribution in [0.5, 0.6) is 0 Å². The number of nitro groups is 1. The number of benzene rings is 1. The summed E-state index contributed by atoms with van der Waals surface area (Å²) in [6.07, 6.45) is 0. The maximum absolute atomic E-state index is 11.2. The summed E-state index contributed by atoms with van der Waals surface area (Å²) in [7, 11) is 0. The van der Waals surface area contributed by atoms with Crippen LogP contribution in [-0.2, 0) is 4.79 Å². The van der Waals surface area contributed by atoms with Crippen LogP contribution in [0.3, 0.4) is 0 Å². The lowest BCUT2D eigenvalue weighted by Gasteiger charge is -2.07. The summed E-state index contributed by atoms with van der Waals surface area (Å²) in [6, 6.07) is 3.26. The van der Waals surface area contributed by atoms with E-state index in [0.717, 1.165) is 0 Å².